The van der Waals surface area contributed by atoms with E-state index in [0.717, 1.165) is 31.9 Å². The van der Waals surface area contributed by atoms with Gasteiger partial charge in [0.05, 0.1) is 12.2 Å². The topological polar surface area (TPSA) is 68.5 Å². The van der Waals surface area contributed by atoms with Crippen molar-refractivity contribution in [2.24, 2.45) is 11.7 Å². The molecule has 1 aromatic heterocycles. The monoisotopic (exact) mass is 365 g/mol. The molecule has 2 N–H and O–H groups in total. The number of nitrogens with two attached hydrogens (primary N) is 1. The van der Waals surface area contributed by atoms with Gasteiger partial charge in [0.1, 0.15) is 11.9 Å². The van der Waals surface area contributed by atoms with Crippen molar-refractivity contribution < 1.29 is 13.9 Å². The summed E-state index contributed by atoms with van der Waals surface area (Å²) in [7, 11) is 0. The van der Waals surface area contributed by atoms with Crippen LogP contribution in [0.4, 0.5) is 4.39 Å². The van der Waals surface area contributed by atoms with Crippen molar-refractivity contribution in [3.63, 3.8) is 0 Å². The van der Waals surface area contributed by atoms with Crippen LogP contribution in [0.1, 0.15) is 25.7 Å². The number of pyridine rings is 1. The Morgan fingerprint density at radius 2 is 1.91 bits per heavy atom. The van der Waals surface area contributed by atoms with E-state index >= 15 is 0 Å². The molecular weight excluding hydrogens is 344 g/mol. The summed E-state index contributed by atoms with van der Waals surface area (Å²) in [5.74, 6) is 0.499. The summed E-state index contributed by atoms with van der Waals surface area (Å²) in [6.07, 6.45) is 4.81. The second kappa shape index (κ2) is 8.66. The number of nitrogens with zero attached hydrogens (tertiary/aromatic N) is 2. The maximum absolute atomic E-state index is 12.8. The number of halogens is 3. The van der Waals surface area contributed by atoms with Crippen LogP contribution in [0.15, 0.2) is 18.3 Å². The summed E-state index contributed by atoms with van der Waals surface area (Å²) in [4.78, 5) is 17.9. The molecule has 1 aliphatic carbocycles. The molecule has 130 valence electrons. The van der Waals surface area contributed by atoms with Crippen molar-refractivity contribution in [3.05, 3.63) is 24.1 Å². The number of likely N-dealkylation sites (tertiary alicyclic amines) is 1. The van der Waals surface area contributed by atoms with Crippen LogP contribution in [0.3, 0.4) is 0 Å². The average Bonchev–Trinajstić information content (AvgIpc) is 3.34. The van der Waals surface area contributed by atoms with E-state index in [1.54, 1.807) is 0 Å². The lowest BCUT2D eigenvalue weighted by molar-refractivity contribution is -0.134. The van der Waals surface area contributed by atoms with Gasteiger partial charge >= 0.3 is 0 Å². The number of hydrogen-bond donors (Lipinski definition) is 1. The van der Waals surface area contributed by atoms with Crippen molar-refractivity contribution in [1.82, 2.24) is 9.88 Å². The second-order valence-corrected chi connectivity index (χ2v) is 5.82. The van der Waals surface area contributed by atoms with Crippen LogP contribution in [-0.2, 0) is 4.79 Å². The lowest BCUT2D eigenvalue weighted by Gasteiger charge is -2.33. The highest BCUT2D eigenvalue weighted by Gasteiger charge is 2.36. The molecule has 1 saturated heterocycles. The quantitative estimate of drug-likeness (QED) is 0.887. The summed E-state index contributed by atoms with van der Waals surface area (Å²) in [6.45, 7) is 1.32. The van der Waals surface area contributed by atoms with Crippen LogP contribution in [-0.4, -0.2) is 41.0 Å². The molecule has 1 aromatic rings. The van der Waals surface area contributed by atoms with Gasteiger partial charge in [0, 0.05) is 32.0 Å². The standard InChI is InChI=1S/C15H20FN3O2.2ClH/c16-11-3-4-13(18-9-11)21-12-5-7-19(8-6-12)15(20)14(17)10-1-2-10;;/h3-4,9-10,12,14H,1-2,5-8,17H2;2*1H/t14-;;/m0../s1. The second-order valence-electron chi connectivity index (χ2n) is 5.82. The molecule has 0 radical (unpaired) electrons. The molecule has 2 heterocycles. The lowest BCUT2D eigenvalue weighted by Crippen LogP contribution is -2.49. The first-order valence-electron chi connectivity index (χ1n) is 7.46. The zero-order valence-electron chi connectivity index (χ0n) is 12.7. The fraction of sp³-hybridized carbons (Fsp3) is 0.600. The van der Waals surface area contributed by atoms with Crippen molar-refractivity contribution >= 4 is 30.7 Å². The molecule has 2 fully saturated rings. The summed E-state index contributed by atoms with van der Waals surface area (Å²) in [5, 5.41) is 0. The molecular formula is C15H22Cl2FN3O2. The maximum atomic E-state index is 12.8. The fourth-order valence-corrected chi connectivity index (χ4v) is 2.66. The van der Waals surface area contributed by atoms with Crippen LogP contribution in [0.25, 0.3) is 0 Å². The Morgan fingerprint density at radius 1 is 1.26 bits per heavy atom. The van der Waals surface area contributed by atoms with Crippen molar-refractivity contribution in [2.45, 2.75) is 37.8 Å². The molecule has 1 saturated carbocycles. The Kier molecular flexibility index (Phi) is 7.51. The summed E-state index contributed by atoms with van der Waals surface area (Å²) >= 11 is 0. The Balaban J connectivity index is 0.00000132. The van der Waals surface area contributed by atoms with Gasteiger partial charge in [-0.1, -0.05) is 0 Å². The minimum atomic E-state index is -0.378. The maximum Gasteiger partial charge on any atom is 0.239 e. The summed E-state index contributed by atoms with van der Waals surface area (Å²) in [5.41, 5.74) is 5.96. The minimum Gasteiger partial charge on any atom is -0.474 e. The third-order valence-electron chi connectivity index (χ3n) is 4.16. The first-order chi connectivity index (χ1) is 10.1. The van der Waals surface area contributed by atoms with E-state index in [1.807, 2.05) is 4.90 Å². The zero-order valence-corrected chi connectivity index (χ0v) is 14.3. The Bertz CT molecular complexity index is 506. The van der Waals surface area contributed by atoms with E-state index < -0.39 is 0 Å². The number of carbonyl (C=O) groups is 1. The first kappa shape index (κ1) is 19.9. The van der Waals surface area contributed by atoms with Crippen LogP contribution in [0.2, 0.25) is 0 Å². The van der Waals surface area contributed by atoms with E-state index in [-0.39, 0.29) is 48.7 Å². The van der Waals surface area contributed by atoms with Gasteiger partial charge in [-0.15, -0.1) is 24.8 Å². The van der Waals surface area contributed by atoms with Crippen molar-refractivity contribution in [2.75, 3.05) is 13.1 Å². The summed E-state index contributed by atoms with van der Waals surface area (Å²) in [6, 6.07) is 2.52. The molecule has 3 rings (SSSR count). The molecule has 0 unspecified atom stereocenters. The smallest absolute Gasteiger partial charge is 0.239 e. The molecule has 8 heteroatoms. The van der Waals surface area contributed by atoms with Gasteiger partial charge in [0.2, 0.25) is 11.8 Å². The highest BCUT2D eigenvalue weighted by atomic mass is 35.5. The third kappa shape index (κ3) is 5.19. The molecule has 5 nitrogen and oxygen atoms in total. The SMILES string of the molecule is Cl.Cl.N[C@H](C(=O)N1CCC(Oc2ccc(F)cn2)CC1)C1CC1. The zero-order chi connectivity index (χ0) is 14.8. The van der Waals surface area contributed by atoms with Gasteiger partial charge in [0.15, 0.2) is 0 Å². The van der Waals surface area contributed by atoms with E-state index in [2.05, 4.69) is 4.98 Å². The van der Waals surface area contributed by atoms with Gasteiger partial charge in [-0.05, 0) is 24.8 Å². The predicted octanol–water partition coefficient (Wildman–Crippen LogP) is 2.17. The van der Waals surface area contributed by atoms with Crippen LogP contribution in [0, 0.1) is 11.7 Å². The Labute approximate surface area is 147 Å². The highest BCUT2D eigenvalue weighted by Crippen LogP contribution is 2.32. The third-order valence-corrected chi connectivity index (χ3v) is 4.16. The summed E-state index contributed by atoms with van der Waals surface area (Å²) < 4.78 is 18.5. The Morgan fingerprint density at radius 3 is 2.43 bits per heavy atom. The number of piperidine rings is 1. The molecule has 1 amide bonds. The normalized spacial score (nSPS) is 19.3. The molecule has 0 aromatic carbocycles. The largest absolute Gasteiger partial charge is 0.474 e. The minimum absolute atomic E-state index is 0. The number of ether oxygens (including phenoxy) is 1. The molecule has 23 heavy (non-hydrogen) atoms. The number of hydrogen-bond acceptors (Lipinski definition) is 4. The first-order valence-corrected chi connectivity index (χ1v) is 7.46. The Hall–Kier alpha value is -1.11. The van der Waals surface area contributed by atoms with Crippen molar-refractivity contribution in [3.8, 4) is 5.88 Å². The molecule has 2 aliphatic rings. The van der Waals surface area contributed by atoms with Gasteiger partial charge in [-0.25, -0.2) is 9.37 Å². The molecule has 1 atom stereocenters. The molecule has 0 spiro atoms. The van der Waals surface area contributed by atoms with E-state index in [4.69, 9.17) is 10.5 Å². The number of carbonyl (C=O) groups excluding carboxylic acids is 1. The van der Waals surface area contributed by atoms with Gasteiger partial charge in [-0.3, -0.25) is 4.79 Å². The van der Waals surface area contributed by atoms with Crippen molar-refractivity contribution in [1.29, 1.82) is 0 Å². The van der Waals surface area contributed by atoms with Crippen LogP contribution >= 0.6 is 24.8 Å². The predicted molar refractivity (Wildman–Crippen MR) is 89.6 cm³/mol. The van der Waals surface area contributed by atoms with Crippen LogP contribution in [0.5, 0.6) is 5.88 Å². The average molecular weight is 366 g/mol. The molecule has 1 aliphatic heterocycles. The number of aromatic nitrogens is 1. The van der Waals surface area contributed by atoms with E-state index in [0.29, 0.717) is 24.9 Å². The molecule has 0 bridgehead atoms. The van der Waals surface area contributed by atoms with Crippen LogP contribution < -0.4 is 10.5 Å². The van der Waals surface area contributed by atoms with Gasteiger partial charge < -0.3 is 15.4 Å². The number of rotatable bonds is 4. The number of amides is 1. The van der Waals surface area contributed by atoms with Gasteiger partial charge in [0.25, 0.3) is 0 Å². The fourth-order valence-electron chi connectivity index (χ4n) is 2.66. The lowest BCUT2D eigenvalue weighted by atomic mass is 10.1. The van der Waals surface area contributed by atoms with Gasteiger partial charge in [-0.2, -0.15) is 0 Å². The van der Waals surface area contributed by atoms with E-state index in [9.17, 15) is 9.18 Å². The van der Waals surface area contributed by atoms with E-state index in [1.165, 1.54) is 12.1 Å². The highest BCUT2D eigenvalue weighted by molar-refractivity contribution is 5.85.